The van der Waals surface area contributed by atoms with Gasteiger partial charge in [-0.3, -0.25) is 0 Å². The summed E-state index contributed by atoms with van der Waals surface area (Å²) >= 11 is 1.58. The molecule has 1 N–H and O–H groups in total. The molecule has 0 bridgehead atoms. The molecule has 1 aliphatic heterocycles. The Morgan fingerprint density at radius 3 is 2.71 bits per heavy atom. The molecule has 0 spiro atoms. The minimum Gasteiger partial charge on any atom is -0.480 e. The highest BCUT2D eigenvalue weighted by Gasteiger charge is 2.33. The maximum Gasteiger partial charge on any atom is 0.327 e. The fourth-order valence-corrected chi connectivity index (χ4v) is 2.92. The van der Waals surface area contributed by atoms with Crippen LogP contribution in [0.2, 0.25) is 0 Å². The molecule has 98 valence electrons. The molecule has 6 heteroatoms. The number of rotatable bonds is 3. The molecular weight excluding hydrogens is 240 g/mol. The number of urea groups is 1. The third-order valence-corrected chi connectivity index (χ3v) is 3.65. The Hall–Kier alpha value is -0.910. The van der Waals surface area contributed by atoms with Gasteiger partial charge in [-0.1, -0.05) is 13.8 Å². The molecule has 0 aliphatic carbocycles. The number of nitrogens with zero attached hydrogens (tertiary/aromatic N) is 2. The van der Waals surface area contributed by atoms with E-state index in [1.54, 1.807) is 23.7 Å². The molecule has 1 heterocycles. The van der Waals surface area contributed by atoms with Crippen molar-refractivity contribution in [3.63, 3.8) is 0 Å². The Kier molecular flexibility index (Phi) is 5.11. The maximum absolute atomic E-state index is 12.1. The van der Waals surface area contributed by atoms with E-state index in [1.807, 2.05) is 13.8 Å². The van der Waals surface area contributed by atoms with E-state index in [1.165, 1.54) is 4.90 Å². The number of thioether (sulfide) groups is 1. The van der Waals surface area contributed by atoms with Gasteiger partial charge in [0.15, 0.2) is 0 Å². The summed E-state index contributed by atoms with van der Waals surface area (Å²) in [5.74, 6) is 0.761. The Labute approximate surface area is 106 Å². The molecule has 0 aromatic carbocycles. The SMILES string of the molecule is CC(C)CN(C)C(=O)N1CCSCC1C(=O)O. The van der Waals surface area contributed by atoms with E-state index in [4.69, 9.17) is 5.11 Å². The first-order valence-corrected chi connectivity index (χ1v) is 6.91. The molecule has 1 unspecified atom stereocenters. The monoisotopic (exact) mass is 260 g/mol. The van der Waals surface area contributed by atoms with Crippen molar-refractivity contribution >= 4 is 23.8 Å². The molecule has 0 radical (unpaired) electrons. The molecular formula is C11H20N2O3S. The zero-order chi connectivity index (χ0) is 13.0. The van der Waals surface area contributed by atoms with Crippen LogP contribution in [0.1, 0.15) is 13.8 Å². The van der Waals surface area contributed by atoms with Gasteiger partial charge >= 0.3 is 12.0 Å². The zero-order valence-electron chi connectivity index (χ0n) is 10.5. The summed E-state index contributed by atoms with van der Waals surface area (Å²) in [4.78, 5) is 26.3. The lowest BCUT2D eigenvalue weighted by molar-refractivity contribution is -0.141. The fraction of sp³-hybridized carbons (Fsp3) is 0.818. The Morgan fingerprint density at radius 2 is 2.18 bits per heavy atom. The molecule has 5 nitrogen and oxygen atoms in total. The minimum absolute atomic E-state index is 0.175. The highest BCUT2D eigenvalue weighted by molar-refractivity contribution is 7.99. The van der Waals surface area contributed by atoms with Crippen LogP contribution in [-0.4, -0.2) is 64.6 Å². The average molecular weight is 260 g/mol. The first-order valence-electron chi connectivity index (χ1n) is 5.75. The molecule has 0 saturated carbocycles. The third-order valence-electron chi connectivity index (χ3n) is 2.62. The second-order valence-corrected chi connectivity index (χ2v) is 5.83. The fourth-order valence-electron chi connectivity index (χ4n) is 1.88. The van der Waals surface area contributed by atoms with Crippen LogP contribution >= 0.6 is 11.8 Å². The van der Waals surface area contributed by atoms with Crippen molar-refractivity contribution < 1.29 is 14.7 Å². The van der Waals surface area contributed by atoms with Crippen molar-refractivity contribution in [2.75, 3.05) is 31.6 Å². The van der Waals surface area contributed by atoms with Crippen molar-refractivity contribution in [3.8, 4) is 0 Å². The van der Waals surface area contributed by atoms with Gasteiger partial charge in [0.1, 0.15) is 6.04 Å². The van der Waals surface area contributed by atoms with E-state index in [2.05, 4.69) is 0 Å². The molecule has 1 saturated heterocycles. The summed E-state index contributed by atoms with van der Waals surface area (Å²) in [7, 11) is 1.73. The Balaban J connectivity index is 2.67. The smallest absolute Gasteiger partial charge is 0.327 e. The minimum atomic E-state index is -0.913. The highest BCUT2D eigenvalue weighted by atomic mass is 32.2. The number of amides is 2. The second kappa shape index (κ2) is 6.14. The van der Waals surface area contributed by atoms with Crippen molar-refractivity contribution in [3.05, 3.63) is 0 Å². The Bertz CT molecular complexity index is 296. The first-order chi connectivity index (χ1) is 7.93. The number of carbonyl (C=O) groups excluding carboxylic acids is 1. The van der Waals surface area contributed by atoms with Crippen LogP contribution in [0.5, 0.6) is 0 Å². The van der Waals surface area contributed by atoms with Gasteiger partial charge in [0, 0.05) is 31.6 Å². The molecule has 1 aliphatic rings. The van der Waals surface area contributed by atoms with E-state index in [0.29, 0.717) is 24.8 Å². The van der Waals surface area contributed by atoms with E-state index < -0.39 is 12.0 Å². The third kappa shape index (κ3) is 3.80. The lowest BCUT2D eigenvalue weighted by Gasteiger charge is -2.35. The highest BCUT2D eigenvalue weighted by Crippen LogP contribution is 2.18. The summed E-state index contributed by atoms with van der Waals surface area (Å²) in [6.45, 7) is 5.23. The van der Waals surface area contributed by atoms with Gasteiger partial charge in [0.2, 0.25) is 0 Å². The van der Waals surface area contributed by atoms with E-state index in [0.717, 1.165) is 5.75 Å². The van der Waals surface area contributed by atoms with Gasteiger partial charge in [-0.25, -0.2) is 9.59 Å². The van der Waals surface area contributed by atoms with Crippen LogP contribution in [0.3, 0.4) is 0 Å². The quantitative estimate of drug-likeness (QED) is 0.828. The van der Waals surface area contributed by atoms with Crippen LogP contribution in [0, 0.1) is 5.92 Å². The lowest BCUT2D eigenvalue weighted by atomic mass is 10.2. The van der Waals surface area contributed by atoms with Crippen LogP contribution in [0.4, 0.5) is 4.79 Å². The summed E-state index contributed by atoms with van der Waals surface area (Å²) in [6.07, 6.45) is 0. The predicted molar refractivity (Wildman–Crippen MR) is 68.3 cm³/mol. The number of carboxylic acid groups (broad SMARTS) is 1. The average Bonchev–Trinajstić information content (AvgIpc) is 2.27. The molecule has 1 fully saturated rings. The van der Waals surface area contributed by atoms with Crippen LogP contribution in [0.15, 0.2) is 0 Å². The number of carbonyl (C=O) groups is 2. The van der Waals surface area contributed by atoms with Crippen molar-refractivity contribution in [2.24, 2.45) is 5.92 Å². The van der Waals surface area contributed by atoms with Crippen molar-refractivity contribution in [1.29, 1.82) is 0 Å². The molecule has 1 atom stereocenters. The predicted octanol–water partition coefficient (Wildman–Crippen LogP) is 1.20. The maximum atomic E-state index is 12.1. The van der Waals surface area contributed by atoms with Crippen molar-refractivity contribution in [2.45, 2.75) is 19.9 Å². The molecule has 0 aromatic heterocycles. The van der Waals surface area contributed by atoms with Crippen LogP contribution in [0.25, 0.3) is 0 Å². The van der Waals surface area contributed by atoms with Gasteiger partial charge in [0.25, 0.3) is 0 Å². The first kappa shape index (κ1) is 14.2. The van der Waals surface area contributed by atoms with Crippen molar-refractivity contribution in [1.82, 2.24) is 9.80 Å². The standard InChI is InChI=1S/C11H20N2O3S/c1-8(2)6-12(3)11(16)13-4-5-17-7-9(13)10(14)15/h8-9H,4-7H2,1-3H3,(H,14,15). The van der Waals surface area contributed by atoms with Gasteiger partial charge in [-0.15, -0.1) is 0 Å². The van der Waals surface area contributed by atoms with Gasteiger partial charge in [-0.05, 0) is 5.92 Å². The normalized spacial score (nSPS) is 20.5. The molecule has 2 amide bonds. The summed E-state index contributed by atoms with van der Waals surface area (Å²) in [5.41, 5.74) is 0. The number of carboxylic acids is 1. The molecule has 17 heavy (non-hydrogen) atoms. The summed E-state index contributed by atoms with van der Waals surface area (Å²) in [6, 6.07) is -0.859. The van der Waals surface area contributed by atoms with Gasteiger partial charge in [-0.2, -0.15) is 11.8 Å². The molecule has 0 aromatic rings. The topological polar surface area (TPSA) is 60.9 Å². The number of hydrogen-bond donors (Lipinski definition) is 1. The van der Waals surface area contributed by atoms with E-state index >= 15 is 0 Å². The summed E-state index contributed by atoms with van der Waals surface area (Å²) < 4.78 is 0. The second-order valence-electron chi connectivity index (χ2n) is 4.68. The van der Waals surface area contributed by atoms with E-state index in [-0.39, 0.29) is 6.03 Å². The summed E-state index contributed by atoms with van der Waals surface area (Å²) in [5, 5.41) is 9.10. The van der Waals surface area contributed by atoms with Crippen LogP contribution < -0.4 is 0 Å². The Morgan fingerprint density at radius 1 is 1.53 bits per heavy atom. The largest absolute Gasteiger partial charge is 0.480 e. The van der Waals surface area contributed by atoms with Gasteiger partial charge < -0.3 is 14.9 Å². The van der Waals surface area contributed by atoms with Crippen LogP contribution in [-0.2, 0) is 4.79 Å². The lowest BCUT2D eigenvalue weighted by Crippen LogP contribution is -2.54. The number of aliphatic carboxylic acids is 1. The zero-order valence-corrected chi connectivity index (χ0v) is 11.4. The van der Waals surface area contributed by atoms with E-state index in [9.17, 15) is 9.59 Å². The molecule has 1 rings (SSSR count). The van der Waals surface area contributed by atoms with Gasteiger partial charge in [0.05, 0.1) is 0 Å². The number of hydrogen-bond acceptors (Lipinski definition) is 3.